The number of hydrogen-bond acceptors (Lipinski definition) is 4. The zero-order chi connectivity index (χ0) is 22.5. The number of rotatable bonds is 2. The van der Waals surface area contributed by atoms with E-state index < -0.39 is 0 Å². The number of imidazole rings is 1. The lowest BCUT2D eigenvalue weighted by Gasteiger charge is -2.23. The van der Waals surface area contributed by atoms with Crippen LogP contribution in [0.4, 0.5) is 0 Å². The molecule has 0 bridgehead atoms. The van der Waals surface area contributed by atoms with Crippen LogP contribution in [0.25, 0.3) is 21.9 Å². The van der Waals surface area contributed by atoms with E-state index in [9.17, 15) is 9.59 Å². The Labute approximate surface area is 191 Å². The van der Waals surface area contributed by atoms with Crippen molar-refractivity contribution in [2.45, 2.75) is 58.0 Å². The number of benzene rings is 2. The molecule has 2 aliphatic rings. The van der Waals surface area contributed by atoms with Crippen LogP contribution in [0, 0.1) is 6.92 Å². The number of aromatic amines is 1. The van der Waals surface area contributed by atoms with Gasteiger partial charge in [0.15, 0.2) is 0 Å². The molecule has 7 heteroatoms. The van der Waals surface area contributed by atoms with E-state index in [-0.39, 0.29) is 17.5 Å². The number of aromatic nitrogens is 4. The third kappa shape index (κ3) is 3.43. The van der Waals surface area contributed by atoms with Crippen molar-refractivity contribution < 1.29 is 4.79 Å². The van der Waals surface area contributed by atoms with Gasteiger partial charge < -0.3 is 9.88 Å². The predicted octanol–water partition coefficient (Wildman–Crippen LogP) is 4.28. The van der Waals surface area contributed by atoms with Gasteiger partial charge in [-0.3, -0.25) is 14.2 Å². The molecule has 1 N–H and O–H groups in total. The molecule has 2 aromatic heterocycles. The monoisotopic (exact) mass is 441 g/mol. The quantitative estimate of drug-likeness (QED) is 0.503. The van der Waals surface area contributed by atoms with E-state index in [4.69, 9.17) is 9.97 Å². The Balaban J connectivity index is 1.35. The van der Waals surface area contributed by atoms with Crippen molar-refractivity contribution >= 4 is 27.8 Å². The van der Waals surface area contributed by atoms with E-state index in [1.165, 1.54) is 5.56 Å². The first kappa shape index (κ1) is 20.1. The normalized spacial score (nSPS) is 18.6. The van der Waals surface area contributed by atoms with E-state index in [0.717, 1.165) is 67.8 Å². The number of H-pyrrole nitrogens is 1. The van der Waals surface area contributed by atoms with Crippen molar-refractivity contribution in [1.82, 2.24) is 24.4 Å². The molecule has 7 nitrogen and oxygen atoms in total. The Bertz CT molecular complexity index is 1450. The van der Waals surface area contributed by atoms with Gasteiger partial charge in [0.25, 0.3) is 11.5 Å². The van der Waals surface area contributed by atoms with Crippen LogP contribution in [-0.2, 0) is 13.0 Å². The van der Waals surface area contributed by atoms with Crippen LogP contribution in [0.1, 0.15) is 65.7 Å². The second kappa shape index (κ2) is 7.83. The smallest absolute Gasteiger partial charge is 0.261 e. The predicted molar refractivity (Wildman–Crippen MR) is 127 cm³/mol. The van der Waals surface area contributed by atoms with Gasteiger partial charge in [-0.05, 0) is 68.5 Å². The number of aryl methyl sites for hydroxylation is 2. The maximum atomic E-state index is 13.5. The second-order valence-electron chi connectivity index (χ2n) is 9.33. The van der Waals surface area contributed by atoms with E-state index in [1.54, 1.807) is 18.2 Å². The van der Waals surface area contributed by atoms with Gasteiger partial charge in [0.1, 0.15) is 11.6 Å². The number of hydrogen-bond donors (Lipinski definition) is 1. The van der Waals surface area contributed by atoms with Crippen LogP contribution in [0.2, 0.25) is 0 Å². The van der Waals surface area contributed by atoms with Gasteiger partial charge in [-0.15, -0.1) is 0 Å². The van der Waals surface area contributed by atoms with Crippen molar-refractivity contribution in [3.05, 3.63) is 69.5 Å². The number of nitrogens with one attached hydrogen (secondary N) is 1. The molecule has 0 aliphatic carbocycles. The standard InChI is InChI=1S/C26H27N5O2/c1-16-8-11-19-21(14-16)29-24(28-19)22-6-5-13-30(22)25(32)17-9-10-18-20(15-17)27-23-7-3-2-4-12-31(23)26(18)33/h8-11,14-15,22H,2-7,12-13H2,1H3,(H,28,29). The third-order valence-electron chi connectivity index (χ3n) is 7.05. The van der Waals surface area contributed by atoms with E-state index >= 15 is 0 Å². The highest BCUT2D eigenvalue weighted by Crippen LogP contribution is 2.33. The lowest BCUT2D eigenvalue weighted by molar-refractivity contribution is 0.0730. The first-order valence-electron chi connectivity index (χ1n) is 11.9. The molecule has 1 atom stereocenters. The highest BCUT2D eigenvalue weighted by atomic mass is 16.2. The molecule has 4 heterocycles. The van der Waals surface area contributed by atoms with Gasteiger partial charge >= 0.3 is 0 Å². The fourth-order valence-electron chi connectivity index (χ4n) is 5.31. The van der Waals surface area contributed by atoms with Crippen LogP contribution in [0.3, 0.4) is 0 Å². The number of carbonyl (C=O) groups excluding carboxylic acids is 1. The molecule has 2 aromatic carbocycles. The average Bonchev–Trinajstić information content (AvgIpc) is 3.39. The Morgan fingerprint density at radius 1 is 1.00 bits per heavy atom. The molecule has 168 valence electrons. The molecular formula is C26H27N5O2. The second-order valence-corrected chi connectivity index (χ2v) is 9.33. The molecule has 0 radical (unpaired) electrons. The number of amides is 1. The summed E-state index contributed by atoms with van der Waals surface area (Å²) < 4.78 is 1.82. The van der Waals surface area contributed by atoms with Gasteiger partial charge in [-0.2, -0.15) is 0 Å². The van der Waals surface area contributed by atoms with Crippen molar-refractivity contribution in [2.75, 3.05) is 6.54 Å². The minimum Gasteiger partial charge on any atom is -0.340 e. The summed E-state index contributed by atoms with van der Waals surface area (Å²) in [6.07, 6.45) is 5.79. The maximum Gasteiger partial charge on any atom is 0.261 e. The van der Waals surface area contributed by atoms with Crippen LogP contribution in [0.15, 0.2) is 41.2 Å². The Kier molecular flexibility index (Phi) is 4.78. The van der Waals surface area contributed by atoms with Crippen LogP contribution < -0.4 is 5.56 Å². The van der Waals surface area contributed by atoms with Gasteiger partial charge in [0.05, 0.1) is 28.0 Å². The Hall–Kier alpha value is -3.48. The largest absolute Gasteiger partial charge is 0.340 e. The number of likely N-dealkylation sites (tertiary alicyclic amines) is 1. The Morgan fingerprint density at radius 3 is 2.82 bits per heavy atom. The summed E-state index contributed by atoms with van der Waals surface area (Å²) in [7, 11) is 0. The summed E-state index contributed by atoms with van der Waals surface area (Å²) in [4.78, 5) is 41.5. The summed E-state index contributed by atoms with van der Waals surface area (Å²) in [5, 5.41) is 0.586. The van der Waals surface area contributed by atoms with Crippen molar-refractivity contribution in [2.24, 2.45) is 0 Å². The molecule has 4 aromatic rings. The molecule has 6 rings (SSSR count). The minimum atomic E-state index is -0.0773. The summed E-state index contributed by atoms with van der Waals surface area (Å²) in [5.74, 6) is 1.64. The van der Waals surface area contributed by atoms with Crippen LogP contribution in [-0.4, -0.2) is 36.9 Å². The maximum absolute atomic E-state index is 13.5. The lowest BCUT2D eigenvalue weighted by Crippen LogP contribution is -2.31. The topological polar surface area (TPSA) is 83.9 Å². The van der Waals surface area contributed by atoms with Gasteiger partial charge in [0.2, 0.25) is 0 Å². The molecule has 1 fully saturated rings. The first-order valence-corrected chi connectivity index (χ1v) is 11.9. The van der Waals surface area contributed by atoms with Crippen molar-refractivity contribution in [3.8, 4) is 0 Å². The highest BCUT2D eigenvalue weighted by molar-refractivity contribution is 5.98. The minimum absolute atomic E-state index is 0.00696. The number of carbonyl (C=O) groups is 1. The van der Waals surface area contributed by atoms with E-state index in [1.807, 2.05) is 15.5 Å². The number of fused-ring (bicyclic) bond motifs is 3. The molecule has 2 aliphatic heterocycles. The lowest BCUT2D eigenvalue weighted by atomic mass is 10.1. The third-order valence-corrected chi connectivity index (χ3v) is 7.05. The summed E-state index contributed by atoms with van der Waals surface area (Å²) >= 11 is 0. The van der Waals surface area contributed by atoms with Crippen molar-refractivity contribution in [1.29, 1.82) is 0 Å². The van der Waals surface area contributed by atoms with E-state index in [2.05, 4.69) is 24.0 Å². The number of nitrogens with zero attached hydrogens (tertiary/aromatic N) is 4. The molecule has 0 saturated carbocycles. The van der Waals surface area contributed by atoms with Crippen LogP contribution >= 0.6 is 0 Å². The van der Waals surface area contributed by atoms with Gasteiger partial charge in [-0.1, -0.05) is 12.5 Å². The zero-order valence-corrected chi connectivity index (χ0v) is 18.8. The van der Waals surface area contributed by atoms with Crippen LogP contribution in [0.5, 0.6) is 0 Å². The summed E-state index contributed by atoms with van der Waals surface area (Å²) in [5.41, 5.74) is 4.30. The summed E-state index contributed by atoms with van der Waals surface area (Å²) in [6, 6.07) is 11.4. The molecule has 1 amide bonds. The highest BCUT2D eigenvalue weighted by Gasteiger charge is 2.33. The fourth-order valence-corrected chi connectivity index (χ4v) is 5.31. The molecular weight excluding hydrogens is 414 g/mol. The SMILES string of the molecule is Cc1ccc2nc(C3CCCN3C(=O)c3ccc4c(=O)n5c(nc4c3)CCCCC5)[nH]c2c1. The Morgan fingerprint density at radius 2 is 1.91 bits per heavy atom. The van der Waals surface area contributed by atoms with Crippen molar-refractivity contribution in [3.63, 3.8) is 0 Å². The zero-order valence-electron chi connectivity index (χ0n) is 18.8. The molecule has 1 unspecified atom stereocenters. The molecule has 33 heavy (non-hydrogen) atoms. The molecule has 1 saturated heterocycles. The average molecular weight is 442 g/mol. The van der Waals surface area contributed by atoms with E-state index in [0.29, 0.717) is 23.0 Å². The van der Waals surface area contributed by atoms with Gasteiger partial charge in [0, 0.05) is 25.1 Å². The molecule has 0 spiro atoms. The fraction of sp³-hybridized carbons (Fsp3) is 0.385. The van der Waals surface area contributed by atoms with Gasteiger partial charge in [-0.25, -0.2) is 9.97 Å². The summed E-state index contributed by atoms with van der Waals surface area (Å²) in [6.45, 7) is 3.48. The first-order chi connectivity index (χ1) is 16.1.